The maximum atomic E-state index is 12.9. The van der Waals surface area contributed by atoms with Gasteiger partial charge in [0.2, 0.25) is 5.91 Å². The van der Waals surface area contributed by atoms with Crippen molar-refractivity contribution in [3.63, 3.8) is 0 Å². The number of hydrogen-bond acceptors (Lipinski definition) is 4. The number of nitrogens with zero attached hydrogens (tertiary/aromatic N) is 2. The molecule has 0 spiro atoms. The van der Waals surface area contributed by atoms with Crippen molar-refractivity contribution in [2.24, 2.45) is 11.7 Å². The normalized spacial score (nSPS) is 35.4. The second-order valence-electron chi connectivity index (χ2n) is 7.49. The molecule has 2 rings (SSSR count). The van der Waals surface area contributed by atoms with Crippen LogP contribution in [0, 0.1) is 5.92 Å². The second-order valence-corrected chi connectivity index (χ2v) is 7.49. The van der Waals surface area contributed by atoms with Crippen LogP contribution in [0.3, 0.4) is 0 Å². The van der Waals surface area contributed by atoms with Crippen LogP contribution in [0.25, 0.3) is 0 Å². The average molecular weight is 311 g/mol. The van der Waals surface area contributed by atoms with Crippen molar-refractivity contribution in [2.45, 2.75) is 70.6 Å². The number of β-amino-alcohol motifs (C(OH)–C–C–N with tert-alkyl or cyclic N) is 1. The second kappa shape index (κ2) is 7.28. The highest BCUT2D eigenvalue weighted by Gasteiger charge is 2.41. The number of nitrogens with two attached hydrogens (primary N) is 1. The van der Waals surface area contributed by atoms with Gasteiger partial charge in [-0.2, -0.15) is 0 Å². The molecule has 0 aromatic carbocycles. The lowest BCUT2D eigenvalue weighted by Gasteiger charge is -2.45. The van der Waals surface area contributed by atoms with Gasteiger partial charge in [-0.15, -0.1) is 0 Å². The van der Waals surface area contributed by atoms with Crippen molar-refractivity contribution in [3.05, 3.63) is 0 Å². The largest absolute Gasteiger partial charge is 0.392 e. The molecule has 0 aromatic rings. The first-order chi connectivity index (χ1) is 10.3. The summed E-state index contributed by atoms with van der Waals surface area (Å²) in [5.41, 5.74) is 6.05. The van der Waals surface area contributed by atoms with Crippen LogP contribution in [0.1, 0.15) is 52.9 Å². The number of carbonyl (C=O) groups excluding carboxylic acids is 1. The van der Waals surface area contributed by atoms with E-state index in [4.69, 9.17) is 5.73 Å². The summed E-state index contributed by atoms with van der Waals surface area (Å²) in [5, 5.41) is 9.63. The van der Waals surface area contributed by atoms with E-state index in [1.165, 1.54) is 0 Å². The topological polar surface area (TPSA) is 69.8 Å². The zero-order valence-corrected chi connectivity index (χ0v) is 14.4. The fourth-order valence-corrected chi connectivity index (χ4v) is 4.04. The highest BCUT2D eigenvalue weighted by Crippen LogP contribution is 2.33. The Morgan fingerprint density at radius 1 is 1.41 bits per heavy atom. The molecule has 1 amide bonds. The van der Waals surface area contributed by atoms with E-state index < -0.39 is 0 Å². The van der Waals surface area contributed by atoms with Crippen molar-refractivity contribution < 1.29 is 9.90 Å². The molecule has 0 radical (unpaired) electrons. The van der Waals surface area contributed by atoms with Crippen LogP contribution >= 0.6 is 0 Å². The lowest BCUT2D eigenvalue weighted by Crippen LogP contribution is -2.60. The van der Waals surface area contributed by atoms with E-state index >= 15 is 0 Å². The summed E-state index contributed by atoms with van der Waals surface area (Å²) in [6, 6.07) is 0.347. The Balaban J connectivity index is 2.00. The monoisotopic (exact) mass is 311 g/mol. The van der Waals surface area contributed by atoms with Crippen molar-refractivity contribution in [1.82, 2.24) is 9.80 Å². The molecule has 2 aliphatic rings. The van der Waals surface area contributed by atoms with Gasteiger partial charge in [0.1, 0.15) is 0 Å². The molecule has 0 bridgehead atoms. The zero-order valence-electron chi connectivity index (χ0n) is 14.4. The summed E-state index contributed by atoms with van der Waals surface area (Å²) in [7, 11) is 0. The van der Waals surface area contributed by atoms with Crippen LogP contribution in [0.4, 0.5) is 0 Å². The number of carbonyl (C=O) groups is 1. The van der Waals surface area contributed by atoms with E-state index in [2.05, 4.69) is 11.8 Å². The number of aliphatic hydroxyl groups is 1. The highest BCUT2D eigenvalue weighted by atomic mass is 16.3. The Hall–Kier alpha value is -0.650. The maximum absolute atomic E-state index is 12.9. The maximum Gasteiger partial charge on any atom is 0.227 e. The van der Waals surface area contributed by atoms with Gasteiger partial charge in [0, 0.05) is 37.8 Å². The van der Waals surface area contributed by atoms with Crippen molar-refractivity contribution >= 4 is 5.91 Å². The fourth-order valence-electron chi connectivity index (χ4n) is 4.04. The summed E-state index contributed by atoms with van der Waals surface area (Å²) in [5.74, 6) is 0.224. The fraction of sp³-hybridized carbons (Fsp3) is 0.941. The molecule has 3 N–H and O–H groups in total. The molecule has 128 valence electrons. The molecule has 5 nitrogen and oxygen atoms in total. The van der Waals surface area contributed by atoms with Gasteiger partial charge in [-0.1, -0.05) is 19.8 Å². The van der Waals surface area contributed by atoms with Gasteiger partial charge in [0.25, 0.3) is 0 Å². The van der Waals surface area contributed by atoms with Crippen LogP contribution in [-0.2, 0) is 4.79 Å². The van der Waals surface area contributed by atoms with Crippen LogP contribution in [-0.4, -0.2) is 64.7 Å². The van der Waals surface area contributed by atoms with E-state index in [1.807, 2.05) is 18.7 Å². The minimum atomic E-state index is -0.353. The Labute approximate surface area is 134 Å². The third kappa shape index (κ3) is 4.00. The predicted molar refractivity (Wildman–Crippen MR) is 88.5 cm³/mol. The zero-order chi connectivity index (χ0) is 16.3. The van der Waals surface area contributed by atoms with Gasteiger partial charge in [-0.25, -0.2) is 0 Å². The molecule has 1 aliphatic carbocycles. The summed E-state index contributed by atoms with van der Waals surface area (Å²) in [4.78, 5) is 17.3. The van der Waals surface area contributed by atoms with Gasteiger partial charge < -0.3 is 15.7 Å². The van der Waals surface area contributed by atoms with Crippen LogP contribution in [0.5, 0.6) is 0 Å². The molecule has 0 aromatic heterocycles. The number of aliphatic hydroxyl groups excluding tert-OH is 1. The Morgan fingerprint density at radius 2 is 2.14 bits per heavy atom. The quantitative estimate of drug-likeness (QED) is 0.818. The number of amides is 1. The van der Waals surface area contributed by atoms with Gasteiger partial charge in [-0.3, -0.25) is 9.69 Å². The summed E-state index contributed by atoms with van der Waals surface area (Å²) in [6.45, 7) is 9.09. The van der Waals surface area contributed by atoms with Crippen LogP contribution in [0.15, 0.2) is 0 Å². The molecule has 22 heavy (non-hydrogen) atoms. The Bertz CT molecular complexity index is 384. The van der Waals surface area contributed by atoms with E-state index in [-0.39, 0.29) is 23.5 Å². The van der Waals surface area contributed by atoms with Crippen LogP contribution in [0.2, 0.25) is 0 Å². The van der Waals surface area contributed by atoms with Gasteiger partial charge in [-0.05, 0) is 33.1 Å². The summed E-state index contributed by atoms with van der Waals surface area (Å²) < 4.78 is 0. The molecule has 2 fully saturated rings. The lowest BCUT2D eigenvalue weighted by molar-refractivity contribution is -0.142. The third-order valence-corrected chi connectivity index (χ3v) is 5.44. The van der Waals surface area contributed by atoms with Crippen molar-refractivity contribution in [1.29, 1.82) is 0 Å². The smallest absolute Gasteiger partial charge is 0.227 e. The average Bonchev–Trinajstić information content (AvgIpc) is 2.46. The standard InChI is InChI=1S/C17H33N3O2/c1-4-14-12-20(10-9-19(14)11-13(2)21)16(22)15-7-5-6-8-17(15,3)18/h13-15,21H,4-12,18H2,1-3H3. The SMILES string of the molecule is CCC1CN(C(=O)C2CCCCC2(C)N)CCN1CC(C)O. The minimum absolute atomic E-state index is 0.0259. The Morgan fingerprint density at radius 3 is 2.73 bits per heavy atom. The molecule has 5 heteroatoms. The molecular formula is C17H33N3O2. The molecule has 1 heterocycles. The molecule has 1 aliphatic heterocycles. The first kappa shape index (κ1) is 17.7. The van der Waals surface area contributed by atoms with E-state index in [9.17, 15) is 9.90 Å². The number of hydrogen-bond donors (Lipinski definition) is 2. The molecule has 4 atom stereocenters. The van der Waals surface area contributed by atoms with Gasteiger partial charge >= 0.3 is 0 Å². The first-order valence-electron chi connectivity index (χ1n) is 8.85. The van der Waals surface area contributed by atoms with E-state index in [0.29, 0.717) is 12.6 Å². The number of piperazine rings is 1. The molecule has 1 saturated heterocycles. The van der Waals surface area contributed by atoms with Gasteiger partial charge in [0.05, 0.1) is 12.0 Å². The molecular weight excluding hydrogens is 278 g/mol. The molecule has 1 saturated carbocycles. The van der Waals surface area contributed by atoms with Crippen LogP contribution < -0.4 is 5.73 Å². The van der Waals surface area contributed by atoms with Gasteiger partial charge in [0.15, 0.2) is 0 Å². The summed E-state index contributed by atoms with van der Waals surface area (Å²) in [6.07, 6.45) is 4.81. The first-order valence-corrected chi connectivity index (χ1v) is 8.85. The highest BCUT2D eigenvalue weighted by molar-refractivity contribution is 5.80. The van der Waals surface area contributed by atoms with Crippen molar-refractivity contribution in [2.75, 3.05) is 26.2 Å². The third-order valence-electron chi connectivity index (χ3n) is 5.44. The summed E-state index contributed by atoms with van der Waals surface area (Å²) >= 11 is 0. The van der Waals surface area contributed by atoms with E-state index in [0.717, 1.165) is 51.7 Å². The molecule has 4 unspecified atom stereocenters. The Kier molecular flexibility index (Phi) is 5.86. The van der Waals surface area contributed by atoms with E-state index in [1.54, 1.807) is 0 Å². The lowest BCUT2D eigenvalue weighted by atomic mass is 9.74. The predicted octanol–water partition coefficient (Wildman–Crippen LogP) is 1.20. The minimum Gasteiger partial charge on any atom is -0.392 e. The van der Waals surface area contributed by atoms with Crippen molar-refractivity contribution in [3.8, 4) is 0 Å². The number of rotatable bonds is 4.